The molecule has 0 aliphatic rings. The standard InChI is InChI=1S/C15H18N6S/c1-21(2)12-5-3-10(4-6-12)7-13-18-14(20-19-13)8-11-9-22-15(16)17-11/h3-6,9H,7-8H2,1-2H3,(H2,16,17)(H,18,19,20). The number of benzene rings is 1. The number of nitrogens with one attached hydrogen (secondary N) is 1. The average Bonchev–Trinajstić information content (AvgIpc) is 3.09. The smallest absolute Gasteiger partial charge is 0.180 e. The van der Waals surface area contributed by atoms with Crippen molar-refractivity contribution >= 4 is 22.2 Å². The van der Waals surface area contributed by atoms with Crippen LogP contribution < -0.4 is 10.6 Å². The summed E-state index contributed by atoms with van der Waals surface area (Å²) in [6.45, 7) is 0. The number of nitrogens with zero attached hydrogens (tertiary/aromatic N) is 4. The Hall–Kier alpha value is -2.41. The fourth-order valence-corrected chi connectivity index (χ4v) is 2.73. The van der Waals surface area contributed by atoms with Crippen molar-refractivity contribution in [3.8, 4) is 0 Å². The summed E-state index contributed by atoms with van der Waals surface area (Å²) in [5.41, 5.74) is 8.92. The van der Waals surface area contributed by atoms with Gasteiger partial charge in [-0.1, -0.05) is 12.1 Å². The van der Waals surface area contributed by atoms with Gasteiger partial charge in [-0.3, -0.25) is 5.10 Å². The van der Waals surface area contributed by atoms with Gasteiger partial charge in [-0.15, -0.1) is 11.3 Å². The predicted octanol–water partition coefficient (Wildman–Crippen LogP) is 2.09. The van der Waals surface area contributed by atoms with Crippen molar-refractivity contribution < 1.29 is 0 Å². The van der Waals surface area contributed by atoms with Crippen molar-refractivity contribution in [2.24, 2.45) is 0 Å². The van der Waals surface area contributed by atoms with E-state index in [1.54, 1.807) is 0 Å². The Bertz CT molecular complexity index is 743. The van der Waals surface area contributed by atoms with Gasteiger partial charge in [0.2, 0.25) is 0 Å². The van der Waals surface area contributed by atoms with E-state index >= 15 is 0 Å². The summed E-state index contributed by atoms with van der Waals surface area (Å²) in [4.78, 5) is 10.8. The SMILES string of the molecule is CN(C)c1ccc(Cc2nc(Cc3csc(N)n3)n[nH]2)cc1. The lowest BCUT2D eigenvalue weighted by Gasteiger charge is -2.12. The fraction of sp³-hybridized carbons (Fsp3) is 0.267. The number of nitrogen functional groups attached to an aromatic ring is 1. The second-order valence-electron chi connectivity index (χ2n) is 5.29. The van der Waals surface area contributed by atoms with E-state index in [1.807, 2.05) is 19.5 Å². The third kappa shape index (κ3) is 3.43. The molecule has 0 bridgehead atoms. The van der Waals surface area contributed by atoms with Crippen LogP contribution in [-0.4, -0.2) is 34.3 Å². The Kier molecular flexibility index (Phi) is 4.06. The highest BCUT2D eigenvalue weighted by atomic mass is 32.1. The number of rotatable bonds is 5. The van der Waals surface area contributed by atoms with E-state index in [1.165, 1.54) is 22.6 Å². The van der Waals surface area contributed by atoms with Crippen LogP contribution in [0.15, 0.2) is 29.6 Å². The largest absolute Gasteiger partial charge is 0.378 e. The van der Waals surface area contributed by atoms with Crippen molar-refractivity contribution in [1.29, 1.82) is 0 Å². The third-order valence-corrected chi connectivity index (χ3v) is 4.03. The maximum absolute atomic E-state index is 5.63. The second kappa shape index (κ2) is 6.15. The highest BCUT2D eigenvalue weighted by molar-refractivity contribution is 7.13. The van der Waals surface area contributed by atoms with Crippen LogP contribution >= 0.6 is 11.3 Å². The quantitative estimate of drug-likeness (QED) is 0.753. The Morgan fingerprint density at radius 3 is 2.55 bits per heavy atom. The van der Waals surface area contributed by atoms with Crippen molar-refractivity contribution in [3.63, 3.8) is 0 Å². The zero-order valence-electron chi connectivity index (χ0n) is 12.6. The summed E-state index contributed by atoms with van der Waals surface area (Å²) in [5, 5.41) is 9.75. The molecule has 0 radical (unpaired) electrons. The zero-order valence-corrected chi connectivity index (χ0v) is 13.4. The van der Waals surface area contributed by atoms with Gasteiger partial charge in [-0.05, 0) is 17.7 Å². The molecular formula is C15H18N6S. The monoisotopic (exact) mass is 314 g/mol. The second-order valence-corrected chi connectivity index (χ2v) is 6.18. The molecule has 0 saturated carbocycles. The molecule has 0 spiro atoms. The number of hydrogen-bond acceptors (Lipinski definition) is 6. The number of thiazole rings is 1. The van der Waals surface area contributed by atoms with Crippen molar-refractivity contribution in [1.82, 2.24) is 20.2 Å². The van der Waals surface area contributed by atoms with Crippen LogP contribution in [0.5, 0.6) is 0 Å². The van der Waals surface area contributed by atoms with Gasteiger partial charge >= 0.3 is 0 Å². The molecule has 22 heavy (non-hydrogen) atoms. The van der Waals surface area contributed by atoms with E-state index in [0.717, 1.165) is 23.8 Å². The summed E-state index contributed by atoms with van der Waals surface area (Å²) in [5.74, 6) is 1.60. The number of aromatic nitrogens is 4. The first-order chi connectivity index (χ1) is 10.6. The molecule has 0 aliphatic heterocycles. The van der Waals surface area contributed by atoms with Crippen LogP contribution in [0.2, 0.25) is 0 Å². The molecule has 3 aromatic rings. The molecule has 2 aromatic heterocycles. The van der Waals surface area contributed by atoms with Crippen LogP contribution in [0.1, 0.15) is 22.9 Å². The minimum absolute atomic E-state index is 0.576. The van der Waals surface area contributed by atoms with E-state index in [0.29, 0.717) is 11.6 Å². The summed E-state index contributed by atoms with van der Waals surface area (Å²) in [6.07, 6.45) is 1.34. The molecule has 7 heteroatoms. The normalized spacial score (nSPS) is 10.8. The highest BCUT2D eigenvalue weighted by Gasteiger charge is 2.08. The topological polar surface area (TPSA) is 83.7 Å². The highest BCUT2D eigenvalue weighted by Crippen LogP contribution is 2.15. The molecule has 0 unspecified atom stereocenters. The van der Waals surface area contributed by atoms with E-state index < -0.39 is 0 Å². The average molecular weight is 314 g/mol. The number of nitrogens with two attached hydrogens (primary N) is 1. The van der Waals surface area contributed by atoms with Crippen LogP contribution in [0, 0.1) is 0 Å². The molecular weight excluding hydrogens is 296 g/mol. The molecule has 0 saturated heterocycles. The van der Waals surface area contributed by atoms with Crippen molar-refractivity contribution in [3.05, 3.63) is 52.6 Å². The van der Waals surface area contributed by atoms with Gasteiger partial charge in [-0.25, -0.2) is 9.97 Å². The minimum Gasteiger partial charge on any atom is -0.378 e. The number of aromatic amines is 1. The Morgan fingerprint density at radius 1 is 1.14 bits per heavy atom. The van der Waals surface area contributed by atoms with Crippen molar-refractivity contribution in [2.45, 2.75) is 12.8 Å². The molecule has 0 atom stereocenters. The zero-order chi connectivity index (χ0) is 15.5. The number of hydrogen-bond donors (Lipinski definition) is 2. The molecule has 6 nitrogen and oxygen atoms in total. The predicted molar refractivity (Wildman–Crippen MR) is 89.3 cm³/mol. The summed E-state index contributed by atoms with van der Waals surface area (Å²) in [7, 11) is 4.06. The van der Waals surface area contributed by atoms with E-state index in [2.05, 4.69) is 49.3 Å². The number of H-pyrrole nitrogens is 1. The van der Waals surface area contributed by atoms with E-state index in [-0.39, 0.29) is 0 Å². The molecule has 0 fully saturated rings. The summed E-state index contributed by atoms with van der Waals surface area (Å²) >= 11 is 1.43. The molecule has 0 aliphatic carbocycles. The van der Waals surface area contributed by atoms with E-state index in [4.69, 9.17) is 5.73 Å². The molecule has 3 rings (SSSR count). The summed E-state index contributed by atoms with van der Waals surface area (Å²) in [6, 6.07) is 8.42. The van der Waals surface area contributed by atoms with Gasteiger partial charge in [-0.2, -0.15) is 5.10 Å². The van der Waals surface area contributed by atoms with E-state index in [9.17, 15) is 0 Å². The Labute approximate surface area is 133 Å². The lowest BCUT2D eigenvalue weighted by molar-refractivity contribution is 0.946. The molecule has 114 valence electrons. The first-order valence-electron chi connectivity index (χ1n) is 6.96. The molecule has 2 heterocycles. The Balaban J connectivity index is 1.66. The lowest BCUT2D eigenvalue weighted by Crippen LogP contribution is -2.08. The van der Waals surface area contributed by atoms with Gasteiger partial charge in [0.1, 0.15) is 5.82 Å². The van der Waals surface area contributed by atoms with Gasteiger partial charge in [0, 0.05) is 31.6 Å². The first kappa shape index (κ1) is 14.5. The maximum Gasteiger partial charge on any atom is 0.180 e. The number of anilines is 2. The fourth-order valence-electron chi connectivity index (χ4n) is 2.16. The maximum atomic E-state index is 5.63. The first-order valence-corrected chi connectivity index (χ1v) is 7.84. The van der Waals surface area contributed by atoms with Crippen LogP contribution in [0.25, 0.3) is 0 Å². The van der Waals surface area contributed by atoms with Crippen molar-refractivity contribution in [2.75, 3.05) is 24.7 Å². The van der Waals surface area contributed by atoms with Crippen LogP contribution in [-0.2, 0) is 12.8 Å². The molecule has 0 amide bonds. The molecule has 1 aromatic carbocycles. The van der Waals surface area contributed by atoms with Crippen LogP contribution in [0.4, 0.5) is 10.8 Å². The third-order valence-electron chi connectivity index (χ3n) is 3.31. The minimum atomic E-state index is 0.576. The summed E-state index contributed by atoms with van der Waals surface area (Å²) < 4.78 is 0. The van der Waals surface area contributed by atoms with Crippen LogP contribution in [0.3, 0.4) is 0 Å². The van der Waals surface area contributed by atoms with Gasteiger partial charge in [0.25, 0.3) is 0 Å². The lowest BCUT2D eigenvalue weighted by atomic mass is 10.1. The van der Waals surface area contributed by atoms with Gasteiger partial charge < -0.3 is 10.6 Å². The van der Waals surface area contributed by atoms with Gasteiger partial charge in [0.15, 0.2) is 11.0 Å². The molecule has 3 N–H and O–H groups in total. The van der Waals surface area contributed by atoms with Gasteiger partial charge in [0.05, 0.1) is 12.1 Å². The Morgan fingerprint density at radius 2 is 1.91 bits per heavy atom.